The summed E-state index contributed by atoms with van der Waals surface area (Å²) in [5, 5.41) is 24.9. The number of amides is 2. The highest BCUT2D eigenvalue weighted by Gasteiger charge is 2.22. The van der Waals surface area contributed by atoms with E-state index in [2.05, 4.69) is 10.6 Å². The van der Waals surface area contributed by atoms with Gasteiger partial charge in [-0.15, -0.1) is 0 Å². The van der Waals surface area contributed by atoms with Crippen LogP contribution in [0.1, 0.15) is 24.0 Å². The fourth-order valence-electron chi connectivity index (χ4n) is 4.37. The number of hydrogen-bond donors (Lipinski definition) is 4. The minimum absolute atomic E-state index is 0.0737. The average molecular weight is 453 g/mol. The number of benzene rings is 2. The topological polar surface area (TPSA) is 105 Å². The third kappa shape index (κ3) is 7.10. The van der Waals surface area contributed by atoms with E-state index in [1.54, 1.807) is 0 Å². The number of likely N-dealkylation sites (tertiary alicyclic amines) is 2. The summed E-state index contributed by atoms with van der Waals surface area (Å²) in [6.07, 6.45) is 1.54. The van der Waals surface area contributed by atoms with Crippen LogP contribution in [0.4, 0.5) is 11.4 Å². The largest absolute Gasteiger partial charge is 0.392 e. The average Bonchev–Trinajstić information content (AvgIpc) is 3.38. The van der Waals surface area contributed by atoms with Crippen LogP contribution in [0.25, 0.3) is 0 Å². The van der Waals surface area contributed by atoms with Crippen LogP contribution < -0.4 is 10.6 Å². The first kappa shape index (κ1) is 23.4. The summed E-state index contributed by atoms with van der Waals surface area (Å²) in [5.74, 6) is -0.147. The first-order valence-corrected chi connectivity index (χ1v) is 11.5. The van der Waals surface area contributed by atoms with E-state index in [9.17, 15) is 19.8 Å². The summed E-state index contributed by atoms with van der Waals surface area (Å²) in [6, 6.07) is 15.6. The molecule has 4 N–H and O–H groups in total. The Hall–Kier alpha value is -2.78. The van der Waals surface area contributed by atoms with Crippen molar-refractivity contribution in [2.75, 3.05) is 49.9 Å². The number of aliphatic hydroxyl groups excluding tert-OH is 2. The molecule has 2 aliphatic heterocycles. The fourth-order valence-corrected chi connectivity index (χ4v) is 4.37. The predicted octanol–water partition coefficient (Wildman–Crippen LogP) is 1.29. The Bertz CT molecular complexity index is 870. The zero-order valence-corrected chi connectivity index (χ0v) is 18.7. The van der Waals surface area contributed by atoms with Gasteiger partial charge < -0.3 is 20.8 Å². The lowest BCUT2D eigenvalue weighted by Gasteiger charge is -2.15. The van der Waals surface area contributed by atoms with Gasteiger partial charge in [-0.1, -0.05) is 24.3 Å². The lowest BCUT2D eigenvalue weighted by molar-refractivity contribution is -0.118. The quantitative estimate of drug-likeness (QED) is 0.481. The highest BCUT2D eigenvalue weighted by atomic mass is 16.3. The van der Waals surface area contributed by atoms with Gasteiger partial charge in [0.1, 0.15) is 0 Å². The first-order valence-electron chi connectivity index (χ1n) is 11.5. The molecule has 0 bridgehead atoms. The summed E-state index contributed by atoms with van der Waals surface area (Å²) in [7, 11) is 0. The zero-order chi connectivity index (χ0) is 23.2. The molecule has 2 atom stereocenters. The zero-order valence-electron chi connectivity index (χ0n) is 18.7. The normalized spacial score (nSPS) is 21.3. The third-order valence-corrected chi connectivity index (χ3v) is 6.11. The molecule has 2 fully saturated rings. The predicted molar refractivity (Wildman–Crippen MR) is 127 cm³/mol. The molecule has 2 heterocycles. The van der Waals surface area contributed by atoms with Gasteiger partial charge in [0.15, 0.2) is 0 Å². The maximum absolute atomic E-state index is 12.2. The molecule has 33 heavy (non-hydrogen) atoms. The van der Waals surface area contributed by atoms with E-state index in [0.29, 0.717) is 26.2 Å². The minimum atomic E-state index is -0.327. The fraction of sp³-hybridized carbons (Fsp3) is 0.440. The van der Waals surface area contributed by atoms with Gasteiger partial charge in [0.25, 0.3) is 0 Å². The summed E-state index contributed by atoms with van der Waals surface area (Å²) >= 11 is 0. The summed E-state index contributed by atoms with van der Waals surface area (Å²) < 4.78 is 0. The van der Waals surface area contributed by atoms with Gasteiger partial charge in [-0.25, -0.2) is 0 Å². The van der Waals surface area contributed by atoms with E-state index in [-0.39, 0.29) is 24.0 Å². The van der Waals surface area contributed by atoms with Crippen LogP contribution >= 0.6 is 0 Å². The SMILES string of the molecule is O=C(CN1CC[C@@H](O)C1)Nc1ccc(Cc2ccc(NC(=O)CN3CC[C@@H](O)C3)cc2)cc1. The van der Waals surface area contributed by atoms with Crippen LogP contribution in [0.15, 0.2) is 48.5 Å². The van der Waals surface area contributed by atoms with Crippen molar-refractivity contribution in [2.45, 2.75) is 31.5 Å². The molecule has 0 aliphatic carbocycles. The lowest BCUT2D eigenvalue weighted by Crippen LogP contribution is -2.32. The number of nitrogens with zero attached hydrogens (tertiary/aromatic N) is 2. The van der Waals surface area contributed by atoms with Crippen molar-refractivity contribution >= 4 is 23.2 Å². The molecule has 0 aromatic heterocycles. The Morgan fingerprint density at radius 1 is 0.727 bits per heavy atom. The Labute approximate surface area is 194 Å². The van der Waals surface area contributed by atoms with E-state index >= 15 is 0 Å². The molecule has 2 saturated heterocycles. The number of carbonyl (C=O) groups excluding carboxylic acids is 2. The van der Waals surface area contributed by atoms with E-state index in [1.165, 1.54) is 0 Å². The molecular formula is C25H32N4O4. The Morgan fingerprint density at radius 2 is 1.12 bits per heavy atom. The highest BCUT2D eigenvalue weighted by molar-refractivity contribution is 5.92. The summed E-state index contributed by atoms with van der Waals surface area (Å²) in [5.41, 5.74) is 3.76. The van der Waals surface area contributed by atoms with Crippen LogP contribution in [0.2, 0.25) is 0 Å². The number of hydrogen-bond acceptors (Lipinski definition) is 6. The summed E-state index contributed by atoms with van der Waals surface area (Å²) in [6.45, 7) is 3.19. The number of β-amino-alcohol motifs (C(OH)–C–C–N with tert-alkyl or cyclic N) is 2. The molecule has 8 heteroatoms. The Morgan fingerprint density at radius 3 is 1.45 bits per heavy atom. The smallest absolute Gasteiger partial charge is 0.238 e. The number of carbonyl (C=O) groups is 2. The van der Waals surface area contributed by atoms with Gasteiger partial charge in [-0.2, -0.15) is 0 Å². The van der Waals surface area contributed by atoms with E-state index in [0.717, 1.165) is 54.9 Å². The van der Waals surface area contributed by atoms with Crippen molar-refractivity contribution in [2.24, 2.45) is 0 Å². The number of aliphatic hydroxyl groups is 2. The first-order chi connectivity index (χ1) is 15.9. The Balaban J connectivity index is 1.22. The van der Waals surface area contributed by atoms with Crippen LogP contribution in [0, 0.1) is 0 Å². The van der Waals surface area contributed by atoms with Crippen LogP contribution in [-0.2, 0) is 16.0 Å². The number of nitrogens with one attached hydrogen (secondary N) is 2. The lowest BCUT2D eigenvalue weighted by atomic mass is 10.0. The molecule has 2 aromatic carbocycles. The second-order valence-corrected chi connectivity index (χ2v) is 9.02. The molecule has 8 nitrogen and oxygen atoms in total. The van der Waals surface area contributed by atoms with Crippen molar-refractivity contribution in [3.63, 3.8) is 0 Å². The van der Waals surface area contributed by atoms with Crippen molar-refractivity contribution in [3.8, 4) is 0 Å². The number of anilines is 2. The molecule has 4 rings (SSSR count). The van der Waals surface area contributed by atoms with Gasteiger partial charge >= 0.3 is 0 Å². The van der Waals surface area contributed by atoms with Gasteiger partial charge in [-0.3, -0.25) is 19.4 Å². The monoisotopic (exact) mass is 452 g/mol. The van der Waals surface area contributed by atoms with E-state index in [1.807, 2.05) is 58.3 Å². The third-order valence-electron chi connectivity index (χ3n) is 6.11. The Kier molecular flexibility index (Phi) is 7.72. The molecule has 2 aliphatic rings. The van der Waals surface area contributed by atoms with E-state index in [4.69, 9.17) is 0 Å². The second kappa shape index (κ2) is 10.9. The molecule has 176 valence electrons. The van der Waals surface area contributed by atoms with Crippen LogP contribution in [0.5, 0.6) is 0 Å². The van der Waals surface area contributed by atoms with Crippen molar-refractivity contribution in [3.05, 3.63) is 59.7 Å². The van der Waals surface area contributed by atoms with Gasteiger partial charge in [0.2, 0.25) is 11.8 Å². The molecule has 0 spiro atoms. The van der Waals surface area contributed by atoms with Crippen molar-refractivity contribution < 1.29 is 19.8 Å². The molecule has 0 radical (unpaired) electrons. The molecule has 2 amide bonds. The molecular weight excluding hydrogens is 420 g/mol. The maximum atomic E-state index is 12.2. The molecule has 0 unspecified atom stereocenters. The van der Waals surface area contributed by atoms with E-state index < -0.39 is 0 Å². The van der Waals surface area contributed by atoms with Crippen molar-refractivity contribution in [1.82, 2.24) is 9.80 Å². The minimum Gasteiger partial charge on any atom is -0.392 e. The van der Waals surface area contributed by atoms with Gasteiger partial charge in [0, 0.05) is 37.6 Å². The van der Waals surface area contributed by atoms with Crippen LogP contribution in [0.3, 0.4) is 0 Å². The second-order valence-electron chi connectivity index (χ2n) is 9.02. The maximum Gasteiger partial charge on any atom is 0.238 e. The molecule has 2 aromatic rings. The van der Waals surface area contributed by atoms with Crippen molar-refractivity contribution in [1.29, 1.82) is 0 Å². The highest BCUT2D eigenvalue weighted by Crippen LogP contribution is 2.17. The van der Waals surface area contributed by atoms with Crippen LogP contribution in [-0.4, -0.2) is 83.3 Å². The molecule has 0 saturated carbocycles. The summed E-state index contributed by atoms with van der Waals surface area (Å²) in [4.78, 5) is 28.3. The number of rotatable bonds is 8. The van der Waals surface area contributed by atoms with Gasteiger partial charge in [0.05, 0.1) is 25.3 Å². The standard InChI is InChI=1S/C25H32N4O4/c30-22-9-11-28(14-22)16-24(32)26-20-5-1-18(2-6-20)13-19-3-7-21(8-4-19)27-25(33)17-29-12-10-23(31)15-29/h1-8,22-23,30-31H,9-17H2,(H,26,32)(H,27,33)/t22-,23-/m1/s1. The van der Waals surface area contributed by atoms with Gasteiger partial charge in [-0.05, 0) is 54.7 Å².